The second-order valence-corrected chi connectivity index (χ2v) is 8.37. The van der Waals surface area contributed by atoms with Gasteiger partial charge in [-0.05, 0) is 28.7 Å². The molecule has 8 nitrogen and oxygen atoms in total. The Morgan fingerprint density at radius 3 is 2.21 bits per heavy atom. The molecule has 2 atom stereocenters. The third-order valence-corrected chi connectivity index (χ3v) is 6.04. The molecule has 1 aliphatic carbocycles. The molecule has 0 aliphatic heterocycles. The highest BCUT2D eigenvalue weighted by Crippen LogP contribution is 2.44. The van der Waals surface area contributed by atoms with Crippen molar-refractivity contribution in [2.45, 2.75) is 50.7 Å². The molecule has 2 amide bonds. The van der Waals surface area contributed by atoms with E-state index in [0.29, 0.717) is 12.8 Å². The summed E-state index contributed by atoms with van der Waals surface area (Å²) in [4.78, 5) is 35.9. The van der Waals surface area contributed by atoms with E-state index in [1.807, 2.05) is 43.3 Å². The zero-order valence-electron chi connectivity index (χ0n) is 19.6. The summed E-state index contributed by atoms with van der Waals surface area (Å²) in [7, 11) is 1.43. The number of carboxylic acid groups (broad SMARTS) is 1. The number of fused-ring (bicyclic) bond motifs is 3. The summed E-state index contributed by atoms with van der Waals surface area (Å²) in [5, 5.41) is 14.4. The smallest absolute Gasteiger partial charge is 0.407 e. The Morgan fingerprint density at radius 2 is 1.65 bits per heavy atom. The summed E-state index contributed by atoms with van der Waals surface area (Å²) in [6, 6.07) is 15.2. The predicted molar refractivity (Wildman–Crippen MR) is 128 cm³/mol. The first-order chi connectivity index (χ1) is 16.4. The molecule has 0 saturated carbocycles. The number of aliphatic carboxylic acids is 1. The second kappa shape index (κ2) is 12.2. The third-order valence-electron chi connectivity index (χ3n) is 6.04. The van der Waals surface area contributed by atoms with Gasteiger partial charge >= 0.3 is 12.1 Å². The maximum Gasteiger partial charge on any atom is 0.407 e. The van der Waals surface area contributed by atoms with E-state index >= 15 is 0 Å². The summed E-state index contributed by atoms with van der Waals surface area (Å²) in [5.74, 6) is -1.55. The Balaban J connectivity index is 1.49. The molecular weight excluding hydrogens is 436 g/mol. The van der Waals surface area contributed by atoms with Gasteiger partial charge in [0.25, 0.3) is 0 Å². The Labute approximate surface area is 199 Å². The number of benzene rings is 2. The van der Waals surface area contributed by atoms with E-state index in [1.165, 1.54) is 7.11 Å². The molecule has 2 aromatic carbocycles. The molecule has 3 rings (SSSR count). The van der Waals surface area contributed by atoms with Gasteiger partial charge < -0.3 is 25.2 Å². The first kappa shape index (κ1) is 25.2. The standard InChI is InChI=1S/C26H32N2O6/c1-3-4-13-23(25(30)31)28-24(29)14-17(33-2)15-27-26(32)34-16-22-20-11-7-5-9-18(20)19-10-6-8-12-21(19)22/h5-12,17,22-23H,3-4,13-16H2,1-2H3,(H,27,32)(H,28,29)(H,30,31). The molecule has 1 aliphatic rings. The number of methoxy groups -OCH3 is 1. The van der Waals surface area contributed by atoms with Crippen LogP contribution >= 0.6 is 0 Å². The lowest BCUT2D eigenvalue weighted by Gasteiger charge is -2.19. The molecule has 0 aromatic heterocycles. The first-order valence-electron chi connectivity index (χ1n) is 11.6. The fraction of sp³-hybridized carbons (Fsp3) is 0.423. The third kappa shape index (κ3) is 6.35. The molecule has 0 saturated heterocycles. The van der Waals surface area contributed by atoms with Crippen LogP contribution in [0.2, 0.25) is 0 Å². The second-order valence-electron chi connectivity index (χ2n) is 8.37. The topological polar surface area (TPSA) is 114 Å². The number of alkyl carbamates (subject to hydrolysis) is 1. The lowest BCUT2D eigenvalue weighted by atomic mass is 9.98. The van der Waals surface area contributed by atoms with Crippen LogP contribution in [0.25, 0.3) is 11.1 Å². The van der Waals surface area contributed by atoms with Crippen molar-refractivity contribution in [3.8, 4) is 11.1 Å². The number of carbonyl (C=O) groups is 3. The van der Waals surface area contributed by atoms with E-state index in [0.717, 1.165) is 28.7 Å². The van der Waals surface area contributed by atoms with E-state index < -0.39 is 30.1 Å². The fourth-order valence-electron chi connectivity index (χ4n) is 4.21. The van der Waals surface area contributed by atoms with E-state index in [1.54, 1.807) is 0 Å². The van der Waals surface area contributed by atoms with Crippen LogP contribution < -0.4 is 10.6 Å². The average Bonchev–Trinajstić information content (AvgIpc) is 3.16. The summed E-state index contributed by atoms with van der Waals surface area (Å²) in [6.07, 6.45) is 0.624. The number of ether oxygens (including phenoxy) is 2. The minimum absolute atomic E-state index is 0.0433. The van der Waals surface area contributed by atoms with Crippen LogP contribution in [0.3, 0.4) is 0 Å². The lowest BCUT2D eigenvalue weighted by molar-refractivity contribution is -0.142. The quantitative estimate of drug-likeness (QED) is 0.438. The van der Waals surface area contributed by atoms with Crippen molar-refractivity contribution in [2.75, 3.05) is 20.3 Å². The molecule has 0 radical (unpaired) electrons. The maximum absolute atomic E-state index is 12.3. The number of hydrogen-bond donors (Lipinski definition) is 3. The molecule has 0 fully saturated rings. The first-order valence-corrected chi connectivity index (χ1v) is 11.6. The Bertz CT molecular complexity index is 963. The van der Waals surface area contributed by atoms with Gasteiger partial charge in [-0.3, -0.25) is 4.79 Å². The van der Waals surface area contributed by atoms with Gasteiger partial charge in [0.15, 0.2) is 0 Å². The molecular formula is C26H32N2O6. The SMILES string of the molecule is CCCCC(NC(=O)CC(CNC(=O)OCC1c2ccccc2-c2ccccc21)OC)C(=O)O. The van der Waals surface area contributed by atoms with Gasteiger partial charge in [0.05, 0.1) is 12.5 Å². The summed E-state index contributed by atoms with van der Waals surface area (Å²) >= 11 is 0. The van der Waals surface area contributed by atoms with Crippen LogP contribution in [0, 0.1) is 0 Å². The van der Waals surface area contributed by atoms with E-state index in [-0.39, 0.29) is 25.5 Å². The number of carbonyl (C=O) groups excluding carboxylic acids is 2. The molecule has 8 heteroatoms. The van der Waals surface area contributed by atoms with Gasteiger partial charge in [0, 0.05) is 19.6 Å². The minimum atomic E-state index is -1.06. The predicted octanol–water partition coefficient (Wildman–Crippen LogP) is 3.69. The van der Waals surface area contributed by atoms with Crippen LogP contribution in [-0.2, 0) is 19.1 Å². The van der Waals surface area contributed by atoms with Crippen LogP contribution in [0.1, 0.15) is 49.7 Å². The van der Waals surface area contributed by atoms with Gasteiger partial charge in [-0.1, -0.05) is 68.3 Å². The number of nitrogens with one attached hydrogen (secondary N) is 2. The highest BCUT2D eigenvalue weighted by molar-refractivity contribution is 5.84. The Hall–Kier alpha value is -3.39. The summed E-state index contributed by atoms with van der Waals surface area (Å²) in [5.41, 5.74) is 4.55. The molecule has 3 N–H and O–H groups in total. The number of carboxylic acids is 1. The Kier molecular flexibility index (Phi) is 9.04. The molecule has 0 bridgehead atoms. The van der Waals surface area contributed by atoms with Gasteiger partial charge in [-0.15, -0.1) is 0 Å². The molecule has 34 heavy (non-hydrogen) atoms. The van der Waals surface area contributed by atoms with Crippen molar-refractivity contribution in [3.63, 3.8) is 0 Å². The van der Waals surface area contributed by atoms with E-state index in [4.69, 9.17) is 9.47 Å². The lowest BCUT2D eigenvalue weighted by Crippen LogP contribution is -2.43. The van der Waals surface area contributed by atoms with Crippen LogP contribution in [0.5, 0.6) is 0 Å². The van der Waals surface area contributed by atoms with Gasteiger partial charge in [-0.25, -0.2) is 9.59 Å². The van der Waals surface area contributed by atoms with Crippen molar-refractivity contribution < 1.29 is 29.0 Å². The van der Waals surface area contributed by atoms with Crippen molar-refractivity contribution in [1.82, 2.24) is 10.6 Å². The zero-order chi connectivity index (χ0) is 24.5. The zero-order valence-corrected chi connectivity index (χ0v) is 19.6. The minimum Gasteiger partial charge on any atom is -0.480 e. The summed E-state index contributed by atoms with van der Waals surface area (Å²) < 4.78 is 10.8. The molecule has 0 heterocycles. The van der Waals surface area contributed by atoms with Crippen LogP contribution in [0.15, 0.2) is 48.5 Å². The van der Waals surface area contributed by atoms with E-state index in [9.17, 15) is 19.5 Å². The fourth-order valence-corrected chi connectivity index (χ4v) is 4.21. The molecule has 2 aromatic rings. The van der Waals surface area contributed by atoms with Gasteiger partial charge in [0.2, 0.25) is 5.91 Å². The van der Waals surface area contributed by atoms with Crippen LogP contribution in [0.4, 0.5) is 4.79 Å². The largest absolute Gasteiger partial charge is 0.480 e. The van der Waals surface area contributed by atoms with Crippen LogP contribution in [-0.4, -0.2) is 55.5 Å². The number of amides is 2. The highest BCUT2D eigenvalue weighted by Gasteiger charge is 2.29. The Morgan fingerprint density at radius 1 is 1.03 bits per heavy atom. The van der Waals surface area contributed by atoms with Crippen molar-refractivity contribution >= 4 is 18.0 Å². The van der Waals surface area contributed by atoms with Crippen molar-refractivity contribution in [2.24, 2.45) is 0 Å². The number of unbranched alkanes of at least 4 members (excludes halogenated alkanes) is 1. The van der Waals surface area contributed by atoms with Gasteiger partial charge in [0.1, 0.15) is 12.6 Å². The maximum atomic E-state index is 12.3. The highest BCUT2D eigenvalue weighted by atomic mass is 16.5. The monoisotopic (exact) mass is 468 g/mol. The number of hydrogen-bond acceptors (Lipinski definition) is 5. The average molecular weight is 469 g/mol. The summed E-state index contributed by atoms with van der Waals surface area (Å²) in [6.45, 7) is 2.21. The van der Waals surface area contributed by atoms with E-state index in [2.05, 4.69) is 22.8 Å². The molecule has 2 unspecified atom stereocenters. The molecule has 182 valence electrons. The molecule has 0 spiro atoms. The van der Waals surface area contributed by atoms with Crippen molar-refractivity contribution in [3.05, 3.63) is 59.7 Å². The normalized spacial score (nSPS) is 13.9. The van der Waals surface area contributed by atoms with Gasteiger partial charge in [-0.2, -0.15) is 0 Å². The van der Waals surface area contributed by atoms with Crippen molar-refractivity contribution in [1.29, 1.82) is 0 Å². The number of rotatable bonds is 12.